The molecule has 112 valence electrons. The van der Waals surface area contributed by atoms with Crippen LogP contribution in [0.25, 0.3) is 0 Å². The van der Waals surface area contributed by atoms with Crippen LogP contribution in [0.4, 0.5) is 0 Å². The van der Waals surface area contributed by atoms with Crippen molar-refractivity contribution in [2.24, 2.45) is 5.16 Å². The maximum atomic E-state index is 11.8. The molecule has 0 aliphatic carbocycles. The zero-order valence-corrected chi connectivity index (χ0v) is 11.5. The van der Waals surface area contributed by atoms with E-state index >= 15 is 0 Å². The van der Waals surface area contributed by atoms with Crippen molar-refractivity contribution in [3.05, 3.63) is 29.8 Å². The Morgan fingerprint density at radius 2 is 2.14 bits per heavy atom. The van der Waals surface area contributed by atoms with Gasteiger partial charge in [-0.15, -0.1) is 0 Å². The first-order chi connectivity index (χ1) is 10.1. The van der Waals surface area contributed by atoms with Crippen molar-refractivity contribution in [2.75, 3.05) is 13.7 Å². The van der Waals surface area contributed by atoms with Crippen molar-refractivity contribution in [1.82, 2.24) is 5.32 Å². The van der Waals surface area contributed by atoms with Gasteiger partial charge in [-0.25, -0.2) is 4.79 Å². The molecule has 1 aromatic rings. The first-order valence-electron chi connectivity index (χ1n) is 6.47. The number of benzene rings is 1. The molecule has 0 aromatic heterocycles. The molecule has 1 aliphatic rings. The monoisotopic (exact) mass is 292 g/mol. The van der Waals surface area contributed by atoms with Crippen molar-refractivity contribution in [3.63, 3.8) is 0 Å². The fourth-order valence-electron chi connectivity index (χ4n) is 1.88. The molecule has 0 bridgehead atoms. The van der Waals surface area contributed by atoms with Gasteiger partial charge in [-0.05, 0) is 24.1 Å². The predicted molar refractivity (Wildman–Crippen MR) is 74.3 cm³/mol. The molecule has 1 amide bonds. The number of nitrogens with one attached hydrogen (secondary N) is 1. The molecular formula is C14H16N2O5. The first kappa shape index (κ1) is 14.8. The fourth-order valence-corrected chi connectivity index (χ4v) is 1.88. The highest BCUT2D eigenvalue weighted by Crippen LogP contribution is 2.12. The zero-order chi connectivity index (χ0) is 15.2. The molecule has 0 radical (unpaired) electrons. The summed E-state index contributed by atoms with van der Waals surface area (Å²) in [5.41, 5.74) is 0.927. The smallest absolute Gasteiger partial charge is 0.353 e. The van der Waals surface area contributed by atoms with E-state index in [1.54, 1.807) is 7.11 Å². The molecule has 1 heterocycles. The molecule has 0 saturated heterocycles. The van der Waals surface area contributed by atoms with Crippen LogP contribution in [0.2, 0.25) is 0 Å². The number of oxime groups is 1. The van der Waals surface area contributed by atoms with Gasteiger partial charge >= 0.3 is 5.97 Å². The molecular weight excluding hydrogens is 276 g/mol. The number of aliphatic carboxylic acids is 1. The van der Waals surface area contributed by atoms with Gasteiger partial charge in [-0.3, -0.25) is 4.79 Å². The first-order valence-corrected chi connectivity index (χ1v) is 6.47. The van der Waals surface area contributed by atoms with E-state index in [2.05, 4.69) is 10.5 Å². The molecule has 7 heteroatoms. The Morgan fingerprint density at radius 1 is 1.43 bits per heavy atom. The van der Waals surface area contributed by atoms with Crippen LogP contribution >= 0.6 is 0 Å². The maximum Gasteiger partial charge on any atom is 0.353 e. The zero-order valence-electron chi connectivity index (χ0n) is 11.5. The number of amides is 1. The van der Waals surface area contributed by atoms with Crippen LogP contribution in [0.3, 0.4) is 0 Å². The average molecular weight is 292 g/mol. The van der Waals surface area contributed by atoms with E-state index in [0.29, 0.717) is 13.0 Å². The Hall–Kier alpha value is -2.57. The van der Waals surface area contributed by atoms with Gasteiger partial charge in [-0.2, -0.15) is 0 Å². The minimum absolute atomic E-state index is 0.0102. The molecule has 1 aromatic carbocycles. The Labute approximate surface area is 121 Å². The molecule has 0 fully saturated rings. The number of carbonyl (C=O) groups excluding carboxylic acids is 1. The molecule has 21 heavy (non-hydrogen) atoms. The molecule has 2 N–H and O–H groups in total. The van der Waals surface area contributed by atoms with Crippen molar-refractivity contribution in [3.8, 4) is 5.75 Å². The Morgan fingerprint density at radius 3 is 2.71 bits per heavy atom. The van der Waals surface area contributed by atoms with Crippen LogP contribution in [0.5, 0.6) is 5.75 Å². The van der Waals surface area contributed by atoms with Crippen molar-refractivity contribution < 1.29 is 24.3 Å². The van der Waals surface area contributed by atoms with Crippen LogP contribution in [-0.4, -0.2) is 42.5 Å². The van der Waals surface area contributed by atoms with Crippen LogP contribution in [0.15, 0.2) is 29.4 Å². The summed E-state index contributed by atoms with van der Waals surface area (Å²) in [7, 11) is 1.60. The van der Waals surface area contributed by atoms with Gasteiger partial charge in [0.25, 0.3) is 5.91 Å². The van der Waals surface area contributed by atoms with Gasteiger partial charge in [0.15, 0.2) is 5.71 Å². The van der Waals surface area contributed by atoms with Crippen LogP contribution in [0.1, 0.15) is 12.0 Å². The number of rotatable bonds is 6. The number of ether oxygens (including phenoxy) is 1. The quantitative estimate of drug-likeness (QED) is 0.799. The third kappa shape index (κ3) is 3.95. The van der Waals surface area contributed by atoms with Gasteiger partial charge in [0.1, 0.15) is 5.75 Å². The van der Waals surface area contributed by atoms with Gasteiger partial charge in [-0.1, -0.05) is 17.3 Å². The van der Waals surface area contributed by atoms with E-state index in [1.807, 2.05) is 24.3 Å². The lowest BCUT2D eigenvalue weighted by molar-refractivity contribution is -0.131. The highest BCUT2D eigenvalue weighted by molar-refractivity contribution is 6.36. The highest BCUT2D eigenvalue weighted by atomic mass is 16.6. The number of methoxy groups -OCH3 is 1. The standard InChI is InChI=1S/C14H16N2O5/c1-20-10-4-2-9(3-5-10)6-7-15-13(17)12-8-11(14(18)19)16-21-12/h2-5,12H,6-8H2,1H3,(H,15,17)(H,18,19). The van der Waals surface area contributed by atoms with E-state index in [1.165, 1.54) is 0 Å². The highest BCUT2D eigenvalue weighted by Gasteiger charge is 2.31. The molecule has 1 unspecified atom stereocenters. The molecule has 7 nitrogen and oxygen atoms in total. The molecule has 0 spiro atoms. The topological polar surface area (TPSA) is 97.2 Å². The van der Waals surface area contributed by atoms with E-state index in [4.69, 9.17) is 14.7 Å². The third-order valence-electron chi connectivity index (χ3n) is 3.08. The summed E-state index contributed by atoms with van der Waals surface area (Å²) in [6.07, 6.45) is -0.203. The number of carboxylic acids is 1. The van der Waals surface area contributed by atoms with Crippen LogP contribution in [0, 0.1) is 0 Å². The summed E-state index contributed by atoms with van der Waals surface area (Å²) in [4.78, 5) is 27.3. The average Bonchev–Trinajstić information content (AvgIpc) is 2.98. The fraction of sp³-hybridized carbons (Fsp3) is 0.357. The van der Waals surface area contributed by atoms with Gasteiger partial charge in [0.2, 0.25) is 6.10 Å². The molecule has 1 aliphatic heterocycles. The number of carbonyl (C=O) groups is 2. The number of nitrogens with zero attached hydrogens (tertiary/aromatic N) is 1. The lowest BCUT2D eigenvalue weighted by Crippen LogP contribution is -2.36. The van der Waals surface area contributed by atoms with E-state index < -0.39 is 12.1 Å². The minimum atomic E-state index is -1.16. The predicted octanol–water partition coefficient (Wildman–Crippen LogP) is 0.583. The largest absolute Gasteiger partial charge is 0.497 e. The Bertz CT molecular complexity index is 553. The summed E-state index contributed by atoms with van der Waals surface area (Å²) in [5, 5.41) is 14.8. The number of hydrogen-bond acceptors (Lipinski definition) is 5. The summed E-state index contributed by atoms with van der Waals surface area (Å²) >= 11 is 0. The molecule has 2 rings (SSSR count). The Balaban J connectivity index is 1.73. The number of hydrogen-bond donors (Lipinski definition) is 2. The minimum Gasteiger partial charge on any atom is -0.497 e. The van der Waals surface area contributed by atoms with E-state index in [9.17, 15) is 9.59 Å². The van der Waals surface area contributed by atoms with E-state index in [-0.39, 0.29) is 18.0 Å². The van der Waals surface area contributed by atoms with E-state index in [0.717, 1.165) is 11.3 Å². The van der Waals surface area contributed by atoms with Crippen molar-refractivity contribution >= 4 is 17.6 Å². The second kappa shape index (κ2) is 6.74. The second-order valence-corrected chi connectivity index (χ2v) is 4.53. The Kier molecular flexibility index (Phi) is 4.76. The molecule has 0 saturated carbocycles. The van der Waals surface area contributed by atoms with Crippen LogP contribution in [-0.2, 0) is 20.8 Å². The van der Waals surface area contributed by atoms with Crippen LogP contribution < -0.4 is 10.1 Å². The molecule has 1 atom stereocenters. The summed E-state index contributed by atoms with van der Waals surface area (Å²) < 4.78 is 5.06. The maximum absolute atomic E-state index is 11.8. The normalized spacial score (nSPS) is 16.8. The van der Waals surface area contributed by atoms with Crippen molar-refractivity contribution in [1.29, 1.82) is 0 Å². The summed E-state index contributed by atoms with van der Waals surface area (Å²) in [5.74, 6) is -0.743. The lowest BCUT2D eigenvalue weighted by atomic mass is 10.1. The van der Waals surface area contributed by atoms with Gasteiger partial charge < -0.3 is 20.0 Å². The van der Waals surface area contributed by atoms with Gasteiger partial charge in [0, 0.05) is 13.0 Å². The summed E-state index contributed by atoms with van der Waals surface area (Å²) in [6, 6.07) is 7.54. The summed E-state index contributed by atoms with van der Waals surface area (Å²) in [6.45, 7) is 0.438. The lowest BCUT2D eigenvalue weighted by Gasteiger charge is -2.09. The SMILES string of the molecule is COc1ccc(CCNC(=O)C2CC(C(=O)O)=NO2)cc1. The number of carboxylic acid groups (broad SMARTS) is 1. The third-order valence-corrected chi connectivity index (χ3v) is 3.08. The van der Waals surface area contributed by atoms with Gasteiger partial charge in [0.05, 0.1) is 7.11 Å². The van der Waals surface area contributed by atoms with Crippen molar-refractivity contribution in [2.45, 2.75) is 18.9 Å². The second-order valence-electron chi connectivity index (χ2n) is 4.53.